The van der Waals surface area contributed by atoms with Gasteiger partial charge in [-0.1, -0.05) is 5.21 Å². The van der Waals surface area contributed by atoms with Crippen molar-refractivity contribution in [1.29, 1.82) is 0 Å². The Kier molecular flexibility index (Phi) is 5.17. The first kappa shape index (κ1) is 16.4. The number of aryl methyl sites for hydroxylation is 1. The molecule has 2 aromatic heterocycles. The van der Waals surface area contributed by atoms with Gasteiger partial charge in [0.1, 0.15) is 5.69 Å². The van der Waals surface area contributed by atoms with Crippen LogP contribution in [-0.4, -0.2) is 62.6 Å². The van der Waals surface area contributed by atoms with Crippen molar-refractivity contribution < 1.29 is 4.74 Å². The van der Waals surface area contributed by atoms with Crippen LogP contribution in [0.2, 0.25) is 0 Å². The van der Waals surface area contributed by atoms with E-state index in [1.165, 1.54) is 25.9 Å². The first-order chi connectivity index (χ1) is 12.4. The van der Waals surface area contributed by atoms with E-state index in [-0.39, 0.29) is 0 Å². The second kappa shape index (κ2) is 7.88. The smallest absolute Gasteiger partial charge is 0.225 e. The zero-order valence-electron chi connectivity index (χ0n) is 14.5. The second-order valence-corrected chi connectivity index (χ2v) is 6.63. The molecule has 1 saturated heterocycles. The van der Waals surface area contributed by atoms with Crippen molar-refractivity contribution in [2.75, 3.05) is 37.7 Å². The maximum Gasteiger partial charge on any atom is 0.225 e. The largest absolute Gasteiger partial charge is 0.374 e. The van der Waals surface area contributed by atoms with Crippen LogP contribution < -0.4 is 4.90 Å². The topological polar surface area (TPSA) is 72.2 Å². The summed E-state index contributed by atoms with van der Waals surface area (Å²) in [5.41, 5.74) is 2.05. The summed E-state index contributed by atoms with van der Waals surface area (Å²) in [4.78, 5) is 13.4. The number of hydrogen-bond acceptors (Lipinski definition) is 7. The van der Waals surface area contributed by atoms with E-state index in [0.29, 0.717) is 6.61 Å². The number of rotatable bonds is 6. The molecular weight excluding hydrogens is 318 g/mol. The molecule has 2 aromatic rings. The lowest BCUT2D eigenvalue weighted by molar-refractivity contribution is 0.0966. The van der Waals surface area contributed by atoms with Gasteiger partial charge >= 0.3 is 0 Å². The van der Waals surface area contributed by atoms with Crippen LogP contribution in [0.4, 0.5) is 5.95 Å². The third-order valence-electron chi connectivity index (χ3n) is 4.88. The van der Waals surface area contributed by atoms with E-state index in [0.717, 1.165) is 56.5 Å². The molecule has 2 aliphatic rings. The van der Waals surface area contributed by atoms with Gasteiger partial charge in [0.25, 0.3) is 0 Å². The third kappa shape index (κ3) is 3.96. The zero-order chi connectivity index (χ0) is 16.9. The van der Waals surface area contributed by atoms with Crippen LogP contribution in [0.1, 0.15) is 30.7 Å². The number of hydrogen-bond donors (Lipinski definition) is 0. The van der Waals surface area contributed by atoms with Crippen LogP contribution in [0.15, 0.2) is 18.5 Å². The summed E-state index contributed by atoms with van der Waals surface area (Å²) in [5, 5.41) is 8.65. The molecule has 0 aliphatic carbocycles. The molecule has 0 bridgehead atoms. The lowest BCUT2D eigenvalue weighted by Gasteiger charge is -2.19. The van der Waals surface area contributed by atoms with E-state index in [1.807, 2.05) is 10.7 Å². The van der Waals surface area contributed by atoms with E-state index in [1.54, 1.807) is 12.4 Å². The lowest BCUT2D eigenvalue weighted by Crippen LogP contribution is -2.25. The normalized spacial score (nSPS) is 18.3. The summed E-state index contributed by atoms with van der Waals surface area (Å²) in [6.45, 7) is 7.20. The van der Waals surface area contributed by atoms with Crippen molar-refractivity contribution in [3.05, 3.63) is 29.8 Å². The molecule has 0 aromatic carbocycles. The zero-order valence-corrected chi connectivity index (χ0v) is 14.5. The van der Waals surface area contributed by atoms with Crippen LogP contribution in [0.25, 0.3) is 0 Å². The number of aromatic nitrogens is 5. The summed E-state index contributed by atoms with van der Waals surface area (Å²) >= 11 is 0. The molecule has 8 nitrogen and oxygen atoms in total. The molecule has 0 saturated carbocycles. The van der Waals surface area contributed by atoms with Crippen LogP contribution >= 0.6 is 0 Å². The van der Waals surface area contributed by atoms with Crippen LogP contribution in [0, 0.1) is 0 Å². The van der Waals surface area contributed by atoms with Crippen molar-refractivity contribution in [1.82, 2.24) is 29.9 Å². The van der Waals surface area contributed by atoms with Gasteiger partial charge in [-0.15, -0.1) is 5.10 Å². The molecule has 2 aliphatic heterocycles. The molecule has 4 heterocycles. The highest BCUT2D eigenvalue weighted by atomic mass is 16.5. The van der Waals surface area contributed by atoms with Crippen molar-refractivity contribution in [3.8, 4) is 0 Å². The molecular formula is C17H25N7O. The number of fused-ring (bicyclic) bond motifs is 1. The number of nitrogens with zero attached hydrogens (tertiary/aromatic N) is 7. The average Bonchev–Trinajstić information content (AvgIpc) is 3.24. The predicted octanol–water partition coefficient (Wildman–Crippen LogP) is 1.09. The van der Waals surface area contributed by atoms with E-state index in [9.17, 15) is 0 Å². The van der Waals surface area contributed by atoms with Gasteiger partial charge in [-0.05, 0) is 38.4 Å². The fourth-order valence-corrected chi connectivity index (χ4v) is 3.50. The van der Waals surface area contributed by atoms with Gasteiger partial charge in [-0.25, -0.2) is 14.6 Å². The molecule has 1 fully saturated rings. The number of ether oxygens (including phenoxy) is 1. The summed E-state index contributed by atoms with van der Waals surface area (Å²) < 4.78 is 7.88. The van der Waals surface area contributed by atoms with Crippen molar-refractivity contribution in [3.63, 3.8) is 0 Å². The van der Waals surface area contributed by atoms with Gasteiger partial charge in [0.2, 0.25) is 5.95 Å². The molecule has 0 N–H and O–H groups in total. The van der Waals surface area contributed by atoms with Crippen LogP contribution in [0.3, 0.4) is 0 Å². The van der Waals surface area contributed by atoms with Gasteiger partial charge in [-0.3, -0.25) is 0 Å². The van der Waals surface area contributed by atoms with Gasteiger partial charge in [0.15, 0.2) is 0 Å². The Labute approximate surface area is 147 Å². The molecule has 8 heteroatoms. The fraction of sp³-hybridized carbons (Fsp3) is 0.647. The van der Waals surface area contributed by atoms with E-state index >= 15 is 0 Å². The minimum Gasteiger partial charge on any atom is -0.374 e. The lowest BCUT2D eigenvalue weighted by atomic mass is 10.3. The maximum absolute atomic E-state index is 5.88. The van der Waals surface area contributed by atoms with Gasteiger partial charge in [0.05, 0.1) is 25.5 Å². The average molecular weight is 343 g/mol. The maximum atomic E-state index is 5.88. The van der Waals surface area contributed by atoms with Gasteiger partial charge in [-0.2, -0.15) is 0 Å². The Morgan fingerprint density at radius 3 is 2.68 bits per heavy atom. The number of likely N-dealkylation sites (tertiary alicyclic amines) is 1. The van der Waals surface area contributed by atoms with Gasteiger partial charge < -0.3 is 14.5 Å². The molecule has 134 valence electrons. The van der Waals surface area contributed by atoms with Gasteiger partial charge in [0, 0.05) is 32.0 Å². The first-order valence-electron chi connectivity index (χ1n) is 9.13. The molecule has 0 atom stereocenters. The van der Waals surface area contributed by atoms with E-state index in [4.69, 9.17) is 4.74 Å². The summed E-state index contributed by atoms with van der Waals surface area (Å²) in [6.07, 6.45) is 7.20. The van der Waals surface area contributed by atoms with Crippen LogP contribution in [-0.2, 0) is 24.4 Å². The monoisotopic (exact) mass is 343 g/mol. The van der Waals surface area contributed by atoms with Crippen molar-refractivity contribution in [2.45, 2.75) is 39.0 Å². The quantitative estimate of drug-likeness (QED) is 0.727. The third-order valence-corrected chi connectivity index (χ3v) is 4.88. The molecule has 0 radical (unpaired) electrons. The fourth-order valence-electron chi connectivity index (χ4n) is 3.50. The SMILES string of the molecule is c1cnc(N2CCCn3nnc(COCCN4CCCC4)c3C2)nc1. The Balaban J connectivity index is 1.37. The summed E-state index contributed by atoms with van der Waals surface area (Å²) in [5.74, 6) is 0.762. The summed E-state index contributed by atoms with van der Waals surface area (Å²) in [7, 11) is 0. The highest BCUT2D eigenvalue weighted by Gasteiger charge is 2.21. The van der Waals surface area contributed by atoms with Crippen molar-refractivity contribution >= 4 is 5.95 Å². The van der Waals surface area contributed by atoms with Crippen LogP contribution in [0.5, 0.6) is 0 Å². The Morgan fingerprint density at radius 1 is 1.00 bits per heavy atom. The number of anilines is 1. The predicted molar refractivity (Wildman–Crippen MR) is 93.1 cm³/mol. The van der Waals surface area contributed by atoms with E-state index in [2.05, 4.69) is 30.1 Å². The first-order valence-corrected chi connectivity index (χ1v) is 9.13. The molecule has 0 spiro atoms. The second-order valence-electron chi connectivity index (χ2n) is 6.63. The Hall–Kier alpha value is -2.06. The highest BCUT2D eigenvalue weighted by molar-refractivity contribution is 5.31. The standard InChI is InChI=1S/C17H25N7O/c1-2-8-22(7-1)11-12-25-14-15-16-13-23(17-18-5-3-6-19-17)9-4-10-24(16)21-20-15/h3,5-6H,1-2,4,7-14H2. The molecule has 0 unspecified atom stereocenters. The highest BCUT2D eigenvalue weighted by Crippen LogP contribution is 2.18. The van der Waals surface area contributed by atoms with E-state index < -0.39 is 0 Å². The summed E-state index contributed by atoms with van der Waals surface area (Å²) in [6, 6.07) is 1.84. The molecule has 4 rings (SSSR count). The van der Waals surface area contributed by atoms with Crippen molar-refractivity contribution in [2.24, 2.45) is 0 Å². The molecule has 0 amide bonds. The Bertz CT molecular complexity index is 669. The minimum absolute atomic E-state index is 0.520. The molecule has 25 heavy (non-hydrogen) atoms. The Morgan fingerprint density at radius 2 is 1.84 bits per heavy atom. The minimum atomic E-state index is 0.520.